The van der Waals surface area contributed by atoms with Crippen molar-refractivity contribution in [2.75, 3.05) is 26.6 Å². The Hall–Kier alpha value is -3.81. The lowest BCUT2D eigenvalue weighted by Crippen LogP contribution is -2.08. The molecule has 7 nitrogen and oxygen atoms in total. The predicted octanol–water partition coefficient (Wildman–Crippen LogP) is 4.31. The molecule has 2 aromatic carbocycles. The van der Waals surface area contributed by atoms with E-state index in [4.69, 9.17) is 14.2 Å². The van der Waals surface area contributed by atoms with Crippen molar-refractivity contribution in [1.29, 1.82) is 0 Å². The van der Waals surface area contributed by atoms with Crippen LogP contribution in [-0.4, -0.2) is 37.0 Å². The zero-order valence-electron chi connectivity index (χ0n) is 18.0. The van der Waals surface area contributed by atoms with Crippen LogP contribution < -0.4 is 19.5 Å². The van der Waals surface area contributed by atoms with E-state index in [0.717, 1.165) is 22.6 Å². The van der Waals surface area contributed by atoms with E-state index >= 15 is 0 Å². The number of anilines is 1. The topological polar surface area (TPSA) is 74.6 Å². The number of aromatic nitrogens is 2. The maximum atomic E-state index is 13.2. The molecule has 0 aliphatic carbocycles. The van der Waals surface area contributed by atoms with E-state index in [1.165, 1.54) is 39.5 Å². The number of aryl methyl sites for hydroxylation is 1. The molecule has 0 saturated carbocycles. The predicted molar refractivity (Wildman–Crippen MR) is 117 cm³/mol. The first-order valence-electron chi connectivity index (χ1n) is 9.49. The number of nitrogens with one attached hydrogen (secondary N) is 1. The molecular weight excluding hydrogens is 401 g/mol. The molecule has 3 aromatic rings. The van der Waals surface area contributed by atoms with Crippen molar-refractivity contribution < 1.29 is 23.4 Å². The van der Waals surface area contributed by atoms with Crippen molar-refractivity contribution in [2.45, 2.75) is 13.8 Å². The summed E-state index contributed by atoms with van der Waals surface area (Å²) in [4.78, 5) is 12.5. The summed E-state index contributed by atoms with van der Waals surface area (Å²) in [5.41, 5.74) is 3.63. The molecule has 0 saturated heterocycles. The highest BCUT2D eigenvalue weighted by atomic mass is 19.1. The molecule has 0 radical (unpaired) electrons. The normalized spacial score (nSPS) is 10.9. The van der Waals surface area contributed by atoms with E-state index in [2.05, 4.69) is 10.4 Å². The molecule has 1 N–H and O–H groups in total. The maximum Gasteiger partial charge on any atom is 0.248 e. The van der Waals surface area contributed by atoms with Crippen molar-refractivity contribution in [3.63, 3.8) is 0 Å². The SMILES string of the molecule is COc1cc(NC(=O)/C=C/c2c(C)nn(-c3ccc(F)cc3)c2C)cc(OC)c1OC. The fraction of sp³-hybridized carbons (Fsp3) is 0.217. The van der Waals surface area contributed by atoms with Crippen LogP contribution >= 0.6 is 0 Å². The lowest BCUT2D eigenvalue weighted by molar-refractivity contribution is -0.111. The van der Waals surface area contributed by atoms with Crippen LogP contribution in [0.25, 0.3) is 11.8 Å². The number of rotatable bonds is 7. The Morgan fingerprint density at radius 1 is 1.03 bits per heavy atom. The summed E-state index contributed by atoms with van der Waals surface area (Å²) >= 11 is 0. The Bertz CT molecular complexity index is 1100. The molecule has 0 fully saturated rings. The lowest BCUT2D eigenvalue weighted by Gasteiger charge is -2.14. The van der Waals surface area contributed by atoms with E-state index in [1.54, 1.807) is 35.0 Å². The first kappa shape index (κ1) is 21.9. The Morgan fingerprint density at radius 2 is 1.65 bits per heavy atom. The highest BCUT2D eigenvalue weighted by molar-refractivity contribution is 6.02. The van der Waals surface area contributed by atoms with Crippen molar-refractivity contribution >= 4 is 17.7 Å². The molecule has 0 spiro atoms. The van der Waals surface area contributed by atoms with Gasteiger partial charge in [0.2, 0.25) is 11.7 Å². The number of benzene rings is 2. The van der Waals surface area contributed by atoms with Crippen LogP contribution in [-0.2, 0) is 4.79 Å². The summed E-state index contributed by atoms with van der Waals surface area (Å²) in [6.45, 7) is 3.74. The number of hydrogen-bond acceptors (Lipinski definition) is 5. The second kappa shape index (κ2) is 9.34. The van der Waals surface area contributed by atoms with E-state index in [-0.39, 0.29) is 11.7 Å². The van der Waals surface area contributed by atoms with Gasteiger partial charge in [-0.15, -0.1) is 0 Å². The molecule has 3 rings (SSSR count). The molecule has 0 aliphatic rings. The minimum atomic E-state index is -0.331. The third kappa shape index (κ3) is 4.69. The van der Waals surface area contributed by atoms with E-state index < -0.39 is 0 Å². The van der Waals surface area contributed by atoms with Gasteiger partial charge in [-0.2, -0.15) is 5.10 Å². The lowest BCUT2D eigenvalue weighted by atomic mass is 10.1. The van der Waals surface area contributed by atoms with Crippen LogP contribution in [0.1, 0.15) is 17.0 Å². The number of halogens is 1. The molecule has 1 amide bonds. The molecule has 1 heterocycles. The quantitative estimate of drug-likeness (QED) is 0.571. The zero-order valence-corrected chi connectivity index (χ0v) is 18.0. The Morgan fingerprint density at radius 3 is 2.19 bits per heavy atom. The standard InChI is InChI=1S/C23H24FN3O4/c1-14-19(15(2)27(26-14)18-8-6-16(24)7-9-18)10-11-22(28)25-17-12-20(29-3)23(31-5)21(13-17)30-4/h6-13H,1-5H3,(H,25,28)/b11-10+. The molecular formula is C23H24FN3O4. The van der Waals surface area contributed by atoms with Crippen LogP contribution in [0.3, 0.4) is 0 Å². The minimum Gasteiger partial charge on any atom is -0.493 e. The van der Waals surface area contributed by atoms with Crippen LogP contribution in [0.2, 0.25) is 0 Å². The van der Waals surface area contributed by atoms with Gasteiger partial charge >= 0.3 is 0 Å². The zero-order chi connectivity index (χ0) is 22.5. The van der Waals surface area contributed by atoms with Gasteiger partial charge in [0.1, 0.15) is 5.82 Å². The van der Waals surface area contributed by atoms with Crippen LogP contribution in [0.4, 0.5) is 10.1 Å². The summed E-state index contributed by atoms with van der Waals surface area (Å²) in [5.74, 6) is 0.677. The van der Waals surface area contributed by atoms with Crippen LogP contribution in [0, 0.1) is 19.7 Å². The molecule has 31 heavy (non-hydrogen) atoms. The van der Waals surface area contributed by atoms with Gasteiger partial charge in [0.05, 0.1) is 32.7 Å². The Labute approximate surface area is 180 Å². The first-order chi connectivity index (χ1) is 14.9. The van der Waals surface area contributed by atoms with Crippen molar-refractivity contribution in [1.82, 2.24) is 9.78 Å². The van der Waals surface area contributed by atoms with Gasteiger partial charge in [0.15, 0.2) is 11.5 Å². The number of hydrogen-bond donors (Lipinski definition) is 1. The average Bonchev–Trinajstić information content (AvgIpc) is 3.05. The third-order valence-corrected chi connectivity index (χ3v) is 4.75. The fourth-order valence-electron chi connectivity index (χ4n) is 3.23. The van der Waals surface area contributed by atoms with E-state index in [0.29, 0.717) is 22.9 Å². The number of carbonyl (C=O) groups excluding carboxylic acids is 1. The summed E-state index contributed by atoms with van der Waals surface area (Å²) < 4.78 is 30.8. The number of nitrogens with zero attached hydrogens (tertiary/aromatic N) is 2. The van der Waals surface area contributed by atoms with E-state index in [9.17, 15) is 9.18 Å². The molecule has 8 heteroatoms. The van der Waals surface area contributed by atoms with Crippen molar-refractivity contribution in [3.8, 4) is 22.9 Å². The summed E-state index contributed by atoms with van der Waals surface area (Å²) in [5, 5.41) is 7.29. The molecule has 0 unspecified atom stereocenters. The molecule has 162 valence electrons. The van der Waals surface area contributed by atoms with Gasteiger partial charge in [-0.05, 0) is 44.2 Å². The van der Waals surface area contributed by atoms with Crippen molar-refractivity contribution in [2.24, 2.45) is 0 Å². The van der Waals surface area contributed by atoms with Gasteiger partial charge in [-0.1, -0.05) is 0 Å². The van der Waals surface area contributed by atoms with E-state index in [1.807, 2.05) is 13.8 Å². The summed E-state index contributed by atoms with van der Waals surface area (Å²) in [6, 6.07) is 9.36. The monoisotopic (exact) mass is 425 g/mol. The van der Waals surface area contributed by atoms with Gasteiger partial charge in [0.25, 0.3) is 0 Å². The fourth-order valence-corrected chi connectivity index (χ4v) is 3.23. The molecule has 0 bridgehead atoms. The number of ether oxygens (including phenoxy) is 3. The Balaban J connectivity index is 1.82. The second-order valence-electron chi connectivity index (χ2n) is 6.71. The highest BCUT2D eigenvalue weighted by Crippen LogP contribution is 2.39. The van der Waals surface area contributed by atoms with Gasteiger partial charge in [-0.25, -0.2) is 9.07 Å². The third-order valence-electron chi connectivity index (χ3n) is 4.75. The molecule has 1 aromatic heterocycles. The first-order valence-corrected chi connectivity index (χ1v) is 9.49. The molecule has 0 aliphatic heterocycles. The summed E-state index contributed by atoms with van der Waals surface area (Å²) in [7, 11) is 4.53. The number of methoxy groups -OCH3 is 3. The van der Waals surface area contributed by atoms with Crippen LogP contribution in [0.15, 0.2) is 42.5 Å². The molecule has 0 atom stereocenters. The largest absolute Gasteiger partial charge is 0.493 e. The highest BCUT2D eigenvalue weighted by Gasteiger charge is 2.15. The summed E-state index contributed by atoms with van der Waals surface area (Å²) in [6.07, 6.45) is 3.13. The number of carbonyl (C=O) groups is 1. The maximum absolute atomic E-state index is 13.2. The smallest absolute Gasteiger partial charge is 0.248 e. The second-order valence-corrected chi connectivity index (χ2v) is 6.71. The average molecular weight is 425 g/mol. The minimum absolute atomic E-state index is 0.311. The van der Waals surface area contributed by atoms with Gasteiger partial charge < -0.3 is 19.5 Å². The Kier molecular flexibility index (Phi) is 6.59. The van der Waals surface area contributed by atoms with Crippen LogP contribution in [0.5, 0.6) is 17.2 Å². The van der Waals surface area contributed by atoms with Gasteiger partial charge in [-0.3, -0.25) is 4.79 Å². The number of amides is 1. The van der Waals surface area contributed by atoms with Gasteiger partial charge in [0, 0.05) is 35.2 Å². The van der Waals surface area contributed by atoms with Crippen molar-refractivity contribution in [3.05, 3.63) is 65.2 Å².